The molecule has 1 rings (SSSR count). The SMILES string of the molecule is CC=CCC=C1CCCC1C. The third-order valence-electron chi connectivity index (χ3n) is 2.49. The molecule has 0 aromatic heterocycles. The molecular formula is C11H18. The summed E-state index contributed by atoms with van der Waals surface area (Å²) in [4.78, 5) is 0. The van der Waals surface area contributed by atoms with Crippen molar-refractivity contribution in [2.45, 2.75) is 39.5 Å². The molecule has 1 saturated carbocycles. The van der Waals surface area contributed by atoms with Gasteiger partial charge in [0.05, 0.1) is 0 Å². The van der Waals surface area contributed by atoms with Crippen molar-refractivity contribution in [3.05, 3.63) is 23.8 Å². The Hall–Kier alpha value is -0.520. The molecule has 0 heterocycles. The van der Waals surface area contributed by atoms with E-state index in [4.69, 9.17) is 0 Å². The summed E-state index contributed by atoms with van der Waals surface area (Å²) in [6, 6.07) is 0. The lowest BCUT2D eigenvalue weighted by molar-refractivity contribution is 0.694. The van der Waals surface area contributed by atoms with Gasteiger partial charge in [0.25, 0.3) is 0 Å². The molecule has 0 amide bonds. The molecule has 0 spiro atoms. The quantitative estimate of drug-likeness (QED) is 0.526. The van der Waals surface area contributed by atoms with Crippen LogP contribution in [-0.2, 0) is 0 Å². The van der Waals surface area contributed by atoms with Crippen molar-refractivity contribution in [1.29, 1.82) is 0 Å². The fraction of sp³-hybridized carbons (Fsp3) is 0.636. The van der Waals surface area contributed by atoms with Gasteiger partial charge < -0.3 is 0 Å². The predicted molar refractivity (Wildman–Crippen MR) is 50.5 cm³/mol. The number of allylic oxidation sites excluding steroid dienone is 4. The summed E-state index contributed by atoms with van der Waals surface area (Å²) in [7, 11) is 0. The van der Waals surface area contributed by atoms with Gasteiger partial charge in [-0.15, -0.1) is 0 Å². The van der Waals surface area contributed by atoms with Crippen molar-refractivity contribution in [2.24, 2.45) is 5.92 Å². The zero-order valence-corrected chi connectivity index (χ0v) is 7.64. The molecule has 1 unspecified atom stereocenters. The Morgan fingerprint density at radius 3 is 2.91 bits per heavy atom. The highest BCUT2D eigenvalue weighted by Crippen LogP contribution is 2.30. The van der Waals surface area contributed by atoms with E-state index in [0.717, 1.165) is 12.3 Å². The fourth-order valence-corrected chi connectivity index (χ4v) is 1.70. The van der Waals surface area contributed by atoms with Crippen LogP contribution in [0.1, 0.15) is 39.5 Å². The van der Waals surface area contributed by atoms with Gasteiger partial charge in [0.2, 0.25) is 0 Å². The predicted octanol–water partition coefficient (Wildman–Crippen LogP) is 3.70. The smallest absolute Gasteiger partial charge is 0.0167 e. The van der Waals surface area contributed by atoms with Crippen molar-refractivity contribution in [3.63, 3.8) is 0 Å². The maximum Gasteiger partial charge on any atom is -0.0167 e. The summed E-state index contributed by atoms with van der Waals surface area (Å²) in [5.41, 5.74) is 1.68. The molecule has 0 aromatic carbocycles. The Bertz CT molecular complexity index is 163. The molecule has 62 valence electrons. The second kappa shape index (κ2) is 4.38. The molecule has 0 aromatic rings. The highest BCUT2D eigenvalue weighted by atomic mass is 14.2. The molecule has 1 fully saturated rings. The van der Waals surface area contributed by atoms with E-state index >= 15 is 0 Å². The number of hydrogen-bond donors (Lipinski definition) is 0. The van der Waals surface area contributed by atoms with Crippen LogP contribution in [0.15, 0.2) is 23.8 Å². The van der Waals surface area contributed by atoms with Gasteiger partial charge in [0.15, 0.2) is 0 Å². The standard InChI is InChI=1S/C11H18/c1-3-4-5-8-11-9-6-7-10(11)2/h3-4,8,10H,5-7,9H2,1-2H3. The highest BCUT2D eigenvalue weighted by molar-refractivity contribution is 5.11. The zero-order chi connectivity index (χ0) is 8.10. The Kier molecular flexibility index (Phi) is 3.41. The van der Waals surface area contributed by atoms with Crippen LogP contribution in [0.2, 0.25) is 0 Å². The van der Waals surface area contributed by atoms with Gasteiger partial charge in [-0.3, -0.25) is 0 Å². The molecular weight excluding hydrogens is 132 g/mol. The van der Waals surface area contributed by atoms with E-state index in [9.17, 15) is 0 Å². The van der Waals surface area contributed by atoms with Crippen molar-refractivity contribution in [1.82, 2.24) is 0 Å². The average Bonchev–Trinajstić information content (AvgIpc) is 2.37. The highest BCUT2D eigenvalue weighted by Gasteiger charge is 2.14. The lowest BCUT2D eigenvalue weighted by Crippen LogP contribution is -1.87. The molecule has 1 atom stereocenters. The molecule has 0 bridgehead atoms. The summed E-state index contributed by atoms with van der Waals surface area (Å²) in [6.45, 7) is 4.42. The fourth-order valence-electron chi connectivity index (χ4n) is 1.70. The lowest BCUT2D eigenvalue weighted by Gasteiger charge is -2.02. The van der Waals surface area contributed by atoms with Gasteiger partial charge in [0, 0.05) is 0 Å². The van der Waals surface area contributed by atoms with Crippen LogP contribution >= 0.6 is 0 Å². The maximum absolute atomic E-state index is 2.40. The van der Waals surface area contributed by atoms with Crippen molar-refractivity contribution < 1.29 is 0 Å². The van der Waals surface area contributed by atoms with E-state index in [1.54, 1.807) is 5.57 Å². The van der Waals surface area contributed by atoms with E-state index in [1.165, 1.54) is 19.3 Å². The van der Waals surface area contributed by atoms with E-state index in [1.807, 2.05) is 0 Å². The molecule has 0 aliphatic heterocycles. The van der Waals surface area contributed by atoms with Crippen LogP contribution < -0.4 is 0 Å². The van der Waals surface area contributed by atoms with Crippen LogP contribution in [-0.4, -0.2) is 0 Å². The van der Waals surface area contributed by atoms with E-state index in [-0.39, 0.29) is 0 Å². The molecule has 1 aliphatic rings. The minimum absolute atomic E-state index is 0.861. The monoisotopic (exact) mass is 150 g/mol. The van der Waals surface area contributed by atoms with E-state index in [0.29, 0.717) is 0 Å². The largest absolute Gasteiger partial charge is 0.0914 e. The average molecular weight is 150 g/mol. The summed E-state index contributed by atoms with van der Waals surface area (Å²) in [6.07, 6.45) is 12.0. The first-order chi connectivity index (χ1) is 5.34. The van der Waals surface area contributed by atoms with Gasteiger partial charge in [-0.05, 0) is 38.5 Å². The second-order valence-corrected chi connectivity index (χ2v) is 3.38. The third kappa shape index (κ3) is 2.53. The summed E-state index contributed by atoms with van der Waals surface area (Å²) >= 11 is 0. The normalized spacial score (nSPS) is 28.9. The topological polar surface area (TPSA) is 0 Å². The van der Waals surface area contributed by atoms with Crippen LogP contribution in [0.3, 0.4) is 0 Å². The Labute approximate surface area is 70.0 Å². The Morgan fingerprint density at radius 1 is 1.55 bits per heavy atom. The first kappa shape index (κ1) is 8.58. The first-order valence-electron chi connectivity index (χ1n) is 4.64. The second-order valence-electron chi connectivity index (χ2n) is 3.38. The molecule has 0 radical (unpaired) electrons. The van der Waals surface area contributed by atoms with Crippen molar-refractivity contribution >= 4 is 0 Å². The van der Waals surface area contributed by atoms with Crippen LogP contribution in [0, 0.1) is 5.92 Å². The molecule has 1 aliphatic carbocycles. The first-order valence-corrected chi connectivity index (χ1v) is 4.64. The summed E-state index contributed by atoms with van der Waals surface area (Å²) < 4.78 is 0. The van der Waals surface area contributed by atoms with Crippen LogP contribution in [0.4, 0.5) is 0 Å². The minimum Gasteiger partial charge on any atom is -0.0914 e. The Balaban J connectivity index is 2.38. The van der Waals surface area contributed by atoms with E-state index in [2.05, 4.69) is 32.1 Å². The molecule has 0 nitrogen and oxygen atoms in total. The van der Waals surface area contributed by atoms with Gasteiger partial charge in [0.1, 0.15) is 0 Å². The number of rotatable bonds is 2. The van der Waals surface area contributed by atoms with Gasteiger partial charge in [-0.25, -0.2) is 0 Å². The van der Waals surface area contributed by atoms with Crippen LogP contribution in [0.5, 0.6) is 0 Å². The lowest BCUT2D eigenvalue weighted by atomic mass is 10.0. The molecule has 0 saturated heterocycles. The van der Waals surface area contributed by atoms with Crippen molar-refractivity contribution in [3.8, 4) is 0 Å². The third-order valence-corrected chi connectivity index (χ3v) is 2.49. The van der Waals surface area contributed by atoms with Crippen molar-refractivity contribution in [2.75, 3.05) is 0 Å². The zero-order valence-electron chi connectivity index (χ0n) is 7.64. The summed E-state index contributed by atoms with van der Waals surface area (Å²) in [5, 5.41) is 0. The molecule has 0 N–H and O–H groups in total. The number of hydrogen-bond acceptors (Lipinski definition) is 0. The van der Waals surface area contributed by atoms with Gasteiger partial charge in [-0.2, -0.15) is 0 Å². The van der Waals surface area contributed by atoms with E-state index < -0.39 is 0 Å². The molecule has 11 heavy (non-hydrogen) atoms. The molecule has 0 heteroatoms. The maximum atomic E-state index is 2.40. The Morgan fingerprint density at radius 2 is 2.36 bits per heavy atom. The van der Waals surface area contributed by atoms with Gasteiger partial charge in [-0.1, -0.05) is 30.7 Å². The van der Waals surface area contributed by atoms with Crippen LogP contribution in [0.25, 0.3) is 0 Å². The minimum atomic E-state index is 0.861. The van der Waals surface area contributed by atoms with Gasteiger partial charge >= 0.3 is 0 Å². The summed E-state index contributed by atoms with van der Waals surface area (Å²) in [5.74, 6) is 0.861.